The van der Waals surface area contributed by atoms with E-state index in [1.807, 2.05) is 31.2 Å². The molecule has 0 bridgehead atoms. The van der Waals surface area contributed by atoms with Crippen LogP contribution < -0.4 is 5.56 Å². The molecular formula is C20H20N6O3. The molecule has 0 radical (unpaired) electrons. The normalized spacial score (nSPS) is 23.2. The van der Waals surface area contributed by atoms with E-state index >= 15 is 0 Å². The second-order valence-electron chi connectivity index (χ2n) is 8.12. The Hall–Kier alpha value is -3.04. The van der Waals surface area contributed by atoms with Crippen LogP contribution in [0.3, 0.4) is 0 Å². The van der Waals surface area contributed by atoms with Crippen LogP contribution in [0.15, 0.2) is 41.6 Å². The first-order valence-corrected chi connectivity index (χ1v) is 9.81. The van der Waals surface area contributed by atoms with Gasteiger partial charge < -0.3 is 9.84 Å². The number of rotatable bonds is 3. The Balaban J connectivity index is 1.66. The zero-order valence-electron chi connectivity index (χ0n) is 15.9. The molecule has 1 aliphatic heterocycles. The molecule has 0 amide bonds. The number of ether oxygens (including phenoxy) is 1. The van der Waals surface area contributed by atoms with Crippen molar-refractivity contribution >= 4 is 16.6 Å². The average Bonchev–Trinajstić information content (AvgIpc) is 3.16. The summed E-state index contributed by atoms with van der Waals surface area (Å²) >= 11 is 0. The Morgan fingerprint density at radius 3 is 2.69 bits per heavy atom. The van der Waals surface area contributed by atoms with E-state index in [0.717, 1.165) is 23.9 Å². The maximum atomic E-state index is 13.7. The SMILES string of the molecule is CC1(n2c(=O)c3c(-n4cc(C5(O)CC5)nn4)ncn3c3ccccc32)CCCO1. The average molecular weight is 392 g/mol. The molecule has 1 atom stereocenters. The van der Waals surface area contributed by atoms with Gasteiger partial charge in [-0.05, 0) is 44.7 Å². The number of hydrogen-bond donors (Lipinski definition) is 1. The van der Waals surface area contributed by atoms with Gasteiger partial charge in [0.1, 0.15) is 23.3 Å². The van der Waals surface area contributed by atoms with Crippen LogP contribution in [0.4, 0.5) is 0 Å². The number of nitrogens with zero attached hydrogens (tertiary/aromatic N) is 6. The fourth-order valence-corrected chi connectivity index (χ4v) is 4.33. The monoisotopic (exact) mass is 392 g/mol. The second-order valence-corrected chi connectivity index (χ2v) is 8.12. The molecule has 9 heteroatoms. The highest BCUT2D eigenvalue weighted by Gasteiger charge is 2.45. The number of imidazole rings is 1. The third-order valence-electron chi connectivity index (χ3n) is 6.12. The summed E-state index contributed by atoms with van der Waals surface area (Å²) in [6.45, 7) is 2.58. The number of aromatic nitrogens is 6. The lowest BCUT2D eigenvalue weighted by Gasteiger charge is -2.28. The van der Waals surface area contributed by atoms with Crippen LogP contribution in [-0.4, -0.2) is 40.7 Å². The maximum absolute atomic E-state index is 13.7. The zero-order chi connectivity index (χ0) is 19.8. The molecule has 1 aromatic carbocycles. The lowest BCUT2D eigenvalue weighted by Crippen LogP contribution is -2.39. The second kappa shape index (κ2) is 5.52. The third-order valence-corrected chi connectivity index (χ3v) is 6.12. The highest BCUT2D eigenvalue weighted by molar-refractivity contribution is 5.81. The van der Waals surface area contributed by atoms with E-state index in [1.165, 1.54) is 4.68 Å². The van der Waals surface area contributed by atoms with Crippen molar-refractivity contribution in [2.45, 2.75) is 43.9 Å². The number of fused-ring (bicyclic) bond motifs is 3. The first-order chi connectivity index (χ1) is 14.0. The Kier molecular flexibility index (Phi) is 3.21. The Morgan fingerprint density at radius 1 is 1.17 bits per heavy atom. The van der Waals surface area contributed by atoms with Crippen LogP contribution in [0.25, 0.3) is 22.4 Å². The molecule has 4 aromatic rings. The molecule has 4 heterocycles. The van der Waals surface area contributed by atoms with Gasteiger partial charge in [0.15, 0.2) is 11.3 Å². The molecule has 1 saturated carbocycles. The van der Waals surface area contributed by atoms with Crippen molar-refractivity contribution in [2.75, 3.05) is 6.61 Å². The molecule has 1 saturated heterocycles. The molecule has 1 aliphatic carbocycles. The molecule has 3 aromatic heterocycles. The van der Waals surface area contributed by atoms with Gasteiger partial charge in [-0.15, -0.1) is 5.10 Å². The molecule has 6 rings (SSSR count). The Morgan fingerprint density at radius 2 is 1.97 bits per heavy atom. The summed E-state index contributed by atoms with van der Waals surface area (Å²) in [5, 5.41) is 18.5. The predicted octanol–water partition coefficient (Wildman–Crippen LogP) is 1.69. The Bertz CT molecular complexity index is 1320. The highest BCUT2D eigenvalue weighted by Crippen LogP contribution is 2.44. The topological polar surface area (TPSA) is 99.5 Å². The fourth-order valence-electron chi connectivity index (χ4n) is 4.33. The zero-order valence-corrected chi connectivity index (χ0v) is 15.9. The molecule has 2 aliphatic rings. The molecule has 29 heavy (non-hydrogen) atoms. The Labute approximate surface area is 165 Å². The number of para-hydroxylation sites is 2. The lowest BCUT2D eigenvalue weighted by molar-refractivity contribution is -0.0447. The quantitative estimate of drug-likeness (QED) is 0.570. The molecule has 9 nitrogen and oxygen atoms in total. The van der Waals surface area contributed by atoms with Crippen molar-refractivity contribution in [3.05, 3.63) is 52.8 Å². The molecule has 1 N–H and O–H groups in total. The first kappa shape index (κ1) is 16.9. The van der Waals surface area contributed by atoms with E-state index in [2.05, 4.69) is 15.3 Å². The third kappa shape index (κ3) is 2.28. The van der Waals surface area contributed by atoms with Crippen molar-refractivity contribution in [3.8, 4) is 5.82 Å². The highest BCUT2D eigenvalue weighted by atomic mass is 16.5. The van der Waals surface area contributed by atoms with E-state index in [-0.39, 0.29) is 5.56 Å². The van der Waals surface area contributed by atoms with Gasteiger partial charge in [-0.1, -0.05) is 17.3 Å². The van der Waals surface area contributed by atoms with E-state index in [1.54, 1.807) is 21.5 Å². The predicted molar refractivity (Wildman–Crippen MR) is 104 cm³/mol. The van der Waals surface area contributed by atoms with Gasteiger partial charge in [-0.3, -0.25) is 13.8 Å². The summed E-state index contributed by atoms with van der Waals surface area (Å²) in [5.74, 6) is 0.388. The molecule has 0 spiro atoms. The van der Waals surface area contributed by atoms with Crippen molar-refractivity contribution in [1.82, 2.24) is 28.9 Å². The van der Waals surface area contributed by atoms with Crippen molar-refractivity contribution in [1.29, 1.82) is 0 Å². The molecule has 1 unspecified atom stereocenters. The number of hydrogen-bond acceptors (Lipinski definition) is 6. The summed E-state index contributed by atoms with van der Waals surface area (Å²) in [7, 11) is 0. The van der Waals surface area contributed by atoms with Crippen LogP contribution in [-0.2, 0) is 16.1 Å². The van der Waals surface area contributed by atoms with Crippen molar-refractivity contribution < 1.29 is 9.84 Å². The fraction of sp³-hybridized carbons (Fsp3) is 0.400. The van der Waals surface area contributed by atoms with Crippen LogP contribution >= 0.6 is 0 Å². The summed E-state index contributed by atoms with van der Waals surface area (Å²) in [5.41, 5.74) is 0.764. The maximum Gasteiger partial charge on any atom is 0.281 e. The minimum Gasteiger partial charge on any atom is -0.383 e. The summed E-state index contributed by atoms with van der Waals surface area (Å²) < 4.78 is 11.0. The van der Waals surface area contributed by atoms with Gasteiger partial charge in [0, 0.05) is 6.61 Å². The van der Waals surface area contributed by atoms with Crippen LogP contribution in [0.2, 0.25) is 0 Å². The lowest BCUT2D eigenvalue weighted by atomic mass is 10.1. The van der Waals surface area contributed by atoms with Gasteiger partial charge in [0.05, 0.1) is 17.2 Å². The van der Waals surface area contributed by atoms with Crippen molar-refractivity contribution in [2.24, 2.45) is 0 Å². The van der Waals surface area contributed by atoms with Crippen LogP contribution in [0.5, 0.6) is 0 Å². The summed E-state index contributed by atoms with van der Waals surface area (Å²) in [6, 6.07) is 7.74. The summed E-state index contributed by atoms with van der Waals surface area (Å²) in [6.07, 6.45) is 6.29. The standard InChI is InChI=1S/C20H20N6O3/c1-19(7-4-10-29-19)26-14-6-3-2-5-13(14)24-12-21-17(16(24)18(26)27)25-11-15(22-23-25)20(28)8-9-20/h2-3,5-6,11-12,28H,4,7-10H2,1H3. The van der Waals surface area contributed by atoms with Gasteiger partial charge in [0.25, 0.3) is 5.56 Å². The number of aliphatic hydroxyl groups is 1. The van der Waals surface area contributed by atoms with Gasteiger partial charge >= 0.3 is 0 Å². The minimum absolute atomic E-state index is 0.192. The van der Waals surface area contributed by atoms with E-state index in [0.29, 0.717) is 36.5 Å². The van der Waals surface area contributed by atoms with E-state index in [4.69, 9.17) is 4.74 Å². The van der Waals surface area contributed by atoms with Crippen LogP contribution in [0.1, 0.15) is 38.3 Å². The number of benzene rings is 1. The molecular weight excluding hydrogens is 372 g/mol. The molecule has 2 fully saturated rings. The smallest absolute Gasteiger partial charge is 0.281 e. The summed E-state index contributed by atoms with van der Waals surface area (Å²) in [4.78, 5) is 18.2. The van der Waals surface area contributed by atoms with Gasteiger partial charge in [0.2, 0.25) is 0 Å². The molecule has 148 valence electrons. The van der Waals surface area contributed by atoms with Crippen molar-refractivity contribution in [3.63, 3.8) is 0 Å². The van der Waals surface area contributed by atoms with Gasteiger partial charge in [-0.25, -0.2) is 4.98 Å². The van der Waals surface area contributed by atoms with E-state index in [9.17, 15) is 9.90 Å². The minimum atomic E-state index is -0.897. The largest absolute Gasteiger partial charge is 0.383 e. The van der Waals surface area contributed by atoms with E-state index < -0.39 is 11.3 Å². The van der Waals surface area contributed by atoms with Gasteiger partial charge in [-0.2, -0.15) is 4.68 Å². The first-order valence-electron chi connectivity index (χ1n) is 9.81. The van der Waals surface area contributed by atoms with Crippen LogP contribution in [0, 0.1) is 0 Å².